The van der Waals surface area contributed by atoms with E-state index in [2.05, 4.69) is 39.8 Å². The highest BCUT2D eigenvalue weighted by Crippen LogP contribution is 2.28. The van der Waals surface area contributed by atoms with Crippen LogP contribution in [0.15, 0.2) is 83.0 Å². The summed E-state index contributed by atoms with van der Waals surface area (Å²) in [7, 11) is 5.21. The molecule has 0 saturated carbocycles. The van der Waals surface area contributed by atoms with Crippen molar-refractivity contribution in [1.82, 2.24) is 9.88 Å². The number of hydrogen-bond donors (Lipinski definition) is 0. The lowest BCUT2D eigenvalue weighted by atomic mass is 10.1. The Kier molecular flexibility index (Phi) is 10.6. The largest absolute Gasteiger partial charge is 0.497 e. The van der Waals surface area contributed by atoms with E-state index in [4.69, 9.17) is 9.47 Å². The summed E-state index contributed by atoms with van der Waals surface area (Å²) in [5.74, 6) is 1.64. The molecule has 41 heavy (non-hydrogen) atoms. The fourth-order valence-corrected chi connectivity index (χ4v) is 5.75. The summed E-state index contributed by atoms with van der Waals surface area (Å²) in [6.07, 6.45) is 13.3. The molecule has 3 aromatic rings. The number of carbonyl (C=O) groups is 1. The number of allylic oxidation sites excluding steroid dienone is 2. The van der Waals surface area contributed by atoms with Crippen LogP contribution in [0.3, 0.4) is 0 Å². The zero-order valence-electron chi connectivity index (χ0n) is 24.4. The number of benzene rings is 1. The van der Waals surface area contributed by atoms with Crippen molar-refractivity contribution >= 4 is 39.6 Å². The summed E-state index contributed by atoms with van der Waals surface area (Å²) >= 11 is 1.51. The van der Waals surface area contributed by atoms with Gasteiger partial charge < -0.3 is 14.4 Å². The van der Waals surface area contributed by atoms with Crippen LogP contribution >= 0.6 is 11.3 Å². The summed E-state index contributed by atoms with van der Waals surface area (Å²) in [6.45, 7) is 8.14. The second kappa shape index (κ2) is 14.6. The van der Waals surface area contributed by atoms with Crippen LogP contribution in [-0.2, 0) is 0 Å². The lowest BCUT2D eigenvalue weighted by Gasteiger charge is -2.19. The first kappa shape index (κ1) is 29.9. The maximum atomic E-state index is 13.2. The van der Waals surface area contributed by atoms with Crippen molar-refractivity contribution in [3.05, 3.63) is 88.3 Å². The predicted molar refractivity (Wildman–Crippen MR) is 170 cm³/mol. The normalized spacial score (nSPS) is 14.5. The van der Waals surface area contributed by atoms with Gasteiger partial charge in [0, 0.05) is 50.5 Å². The number of ether oxygens (including phenoxy) is 2. The number of carbonyl (C=O) groups excluding carboxylic acids is 1. The number of nitrogens with zero attached hydrogens (tertiary/aromatic N) is 4. The zero-order valence-corrected chi connectivity index (χ0v) is 25.2. The minimum absolute atomic E-state index is 0.109. The third kappa shape index (κ3) is 7.79. The summed E-state index contributed by atoms with van der Waals surface area (Å²) < 4.78 is 11.4. The summed E-state index contributed by atoms with van der Waals surface area (Å²) in [4.78, 5) is 30.3. The Morgan fingerprint density at radius 1 is 1.10 bits per heavy atom. The van der Waals surface area contributed by atoms with Crippen molar-refractivity contribution in [3.63, 3.8) is 0 Å². The average molecular weight is 571 g/mol. The second-order valence-electron chi connectivity index (χ2n) is 9.85. The van der Waals surface area contributed by atoms with E-state index in [1.165, 1.54) is 11.3 Å². The van der Waals surface area contributed by atoms with Crippen LogP contribution in [-0.4, -0.2) is 68.1 Å². The van der Waals surface area contributed by atoms with Crippen LogP contribution in [0.4, 0.5) is 0 Å². The molecule has 0 N–H and O–H groups in total. The standard InChI is InChI=1S/C33H38N4O3S/c1-23(22-40-30-16-17-36-29-21-26(39-5)13-14-27(29)30)10-11-25(34-3)12-15-28(35-4)31-20-24(2)32(41-31)33(38)37-18-8-6-7-9-19-37/h6-7,12-17,20-21H,1,8-11,18-19,22H2,2-5H3/b15-12-,34-25?,35-28?. The van der Waals surface area contributed by atoms with E-state index in [9.17, 15) is 4.79 Å². The van der Waals surface area contributed by atoms with Gasteiger partial charge in [-0.05, 0) is 80.2 Å². The van der Waals surface area contributed by atoms with Gasteiger partial charge in [-0.25, -0.2) is 0 Å². The second-order valence-corrected chi connectivity index (χ2v) is 10.9. The van der Waals surface area contributed by atoms with Crippen LogP contribution in [0.5, 0.6) is 11.5 Å². The van der Waals surface area contributed by atoms with Crippen LogP contribution in [0.2, 0.25) is 0 Å². The maximum absolute atomic E-state index is 13.2. The maximum Gasteiger partial charge on any atom is 0.264 e. The molecule has 1 aliphatic heterocycles. The third-order valence-corrected chi connectivity index (χ3v) is 8.24. The molecule has 0 unspecified atom stereocenters. The number of rotatable bonds is 11. The monoisotopic (exact) mass is 570 g/mol. The number of methoxy groups -OCH3 is 1. The Morgan fingerprint density at radius 3 is 2.59 bits per heavy atom. The van der Waals surface area contributed by atoms with E-state index < -0.39 is 0 Å². The predicted octanol–water partition coefficient (Wildman–Crippen LogP) is 6.87. The van der Waals surface area contributed by atoms with Crippen LogP contribution in [0.1, 0.15) is 45.8 Å². The van der Waals surface area contributed by atoms with E-state index in [-0.39, 0.29) is 5.91 Å². The van der Waals surface area contributed by atoms with E-state index in [0.717, 1.165) is 93.5 Å². The third-order valence-electron chi connectivity index (χ3n) is 6.99. The molecule has 0 bridgehead atoms. The Labute approximate surface area is 246 Å². The van der Waals surface area contributed by atoms with Crippen LogP contribution < -0.4 is 9.47 Å². The molecule has 0 radical (unpaired) electrons. The Hall–Kier alpha value is -4.04. The number of hydrogen-bond acceptors (Lipinski definition) is 7. The van der Waals surface area contributed by atoms with Gasteiger partial charge in [0.1, 0.15) is 18.1 Å². The first-order chi connectivity index (χ1) is 19.9. The molecule has 1 aromatic carbocycles. The molecule has 7 nitrogen and oxygen atoms in total. The van der Waals surface area contributed by atoms with Gasteiger partial charge in [0.15, 0.2) is 0 Å². The van der Waals surface area contributed by atoms with Gasteiger partial charge in [0.2, 0.25) is 0 Å². The highest BCUT2D eigenvalue weighted by Gasteiger charge is 2.21. The highest BCUT2D eigenvalue weighted by atomic mass is 32.1. The zero-order chi connectivity index (χ0) is 29.2. The van der Waals surface area contributed by atoms with Gasteiger partial charge in [0.25, 0.3) is 5.91 Å². The molecule has 0 fully saturated rings. The number of fused-ring (bicyclic) bond motifs is 1. The molecule has 2 aromatic heterocycles. The molecular formula is C33H38N4O3S. The van der Waals surface area contributed by atoms with Gasteiger partial charge in [-0.15, -0.1) is 11.3 Å². The first-order valence-electron chi connectivity index (χ1n) is 13.8. The van der Waals surface area contributed by atoms with Crippen molar-refractivity contribution in [2.75, 3.05) is 40.9 Å². The van der Waals surface area contributed by atoms with Gasteiger partial charge in [0.05, 0.1) is 28.1 Å². The Balaban J connectivity index is 1.33. The Morgan fingerprint density at radius 2 is 1.88 bits per heavy atom. The topological polar surface area (TPSA) is 76.4 Å². The van der Waals surface area contributed by atoms with E-state index in [0.29, 0.717) is 6.61 Å². The molecule has 0 saturated heterocycles. The minimum Gasteiger partial charge on any atom is -0.497 e. The molecule has 3 heterocycles. The van der Waals surface area contributed by atoms with E-state index in [1.807, 2.05) is 48.2 Å². The minimum atomic E-state index is 0.109. The van der Waals surface area contributed by atoms with E-state index >= 15 is 0 Å². The number of aryl methyl sites for hydroxylation is 1. The fourth-order valence-electron chi connectivity index (χ4n) is 4.60. The average Bonchev–Trinajstić information content (AvgIpc) is 3.18. The molecule has 8 heteroatoms. The Bertz CT molecular complexity index is 1510. The van der Waals surface area contributed by atoms with Crippen molar-refractivity contribution in [1.29, 1.82) is 0 Å². The molecule has 1 amide bonds. The lowest BCUT2D eigenvalue weighted by molar-refractivity contribution is 0.0768. The smallest absolute Gasteiger partial charge is 0.264 e. The number of aromatic nitrogens is 1. The van der Waals surface area contributed by atoms with Gasteiger partial charge in [-0.3, -0.25) is 19.8 Å². The lowest BCUT2D eigenvalue weighted by Crippen LogP contribution is -2.31. The number of pyridine rings is 1. The molecular weight excluding hydrogens is 532 g/mol. The molecule has 0 spiro atoms. The van der Waals surface area contributed by atoms with Gasteiger partial charge >= 0.3 is 0 Å². The summed E-state index contributed by atoms with van der Waals surface area (Å²) in [5, 5.41) is 0.934. The SMILES string of the molecule is C=C(CCC(/C=C\C(=NC)c1cc(C)c(C(=O)N2CCC=CCC2)s1)=NC)COc1ccnc2cc(OC)ccc12. The highest BCUT2D eigenvalue weighted by molar-refractivity contribution is 7.16. The van der Waals surface area contributed by atoms with Crippen molar-refractivity contribution in [2.24, 2.45) is 9.98 Å². The molecule has 1 aliphatic rings. The van der Waals surface area contributed by atoms with Gasteiger partial charge in [-0.1, -0.05) is 18.7 Å². The quantitative estimate of drug-likeness (QED) is 0.186. The van der Waals surface area contributed by atoms with Crippen LogP contribution in [0, 0.1) is 6.92 Å². The molecule has 4 rings (SSSR count). The fraction of sp³-hybridized carbons (Fsp3) is 0.333. The number of aliphatic imine (C=N–C) groups is 2. The van der Waals surface area contributed by atoms with Crippen LogP contribution in [0.25, 0.3) is 10.9 Å². The molecule has 0 aliphatic carbocycles. The number of thiophene rings is 1. The summed E-state index contributed by atoms with van der Waals surface area (Å²) in [5.41, 5.74) is 4.56. The number of amides is 1. The molecule has 0 atom stereocenters. The van der Waals surface area contributed by atoms with Gasteiger partial charge in [-0.2, -0.15) is 0 Å². The van der Waals surface area contributed by atoms with Crippen molar-refractivity contribution in [2.45, 2.75) is 32.6 Å². The summed E-state index contributed by atoms with van der Waals surface area (Å²) in [6, 6.07) is 9.68. The van der Waals surface area contributed by atoms with Crippen molar-refractivity contribution < 1.29 is 14.3 Å². The first-order valence-corrected chi connectivity index (χ1v) is 14.6. The van der Waals surface area contributed by atoms with E-state index in [1.54, 1.807) is 27.4 Å². The molecule has 214 valence electrons. The van der Waals surface area contributed by atoms with Crippen molar-refractivity contribution in [3.8, 4) is 11.5 Å².